The first kappa shape index (κ1) is 16.3. The molecule has 1 aromatic rings. The third-order valence-corrected chi connectivity index (χ3v) is 3.45. The zero-order chi connectivity index (χ0) is 15.5. The van der Waals surface area contributed by atoms with Crippen LogP contribution in [0.4, 0.5) is 0 Å². The van der Waals surface area contributed by atoms with Crippen molar-refractivity contribution in [1.29, 1.82) is 0 Å². The number of halogens is 1. The molecule has 5 heteroatoms. The van der Waals surface area contributed by atoms with E-state index in [2.05, 4.69) is 5.32 Å². The molecule has 0 bridgehead atoms. The van der Waals surface area contributed by atoms with Gasteiger partial charge in [-0.15, -0.1) is 0 Å². The van der Waals surface area contributed by atoms with Gasteiger partial charge in [0.1, 0.15) is 0 Å². The summed E-state index contributed by atoms with van der Waals surface area (Å²) < 4.78 is 11.2. The fourth-order valence-electron chi connectivity index (χ4n) is 2.11. The van der Waals surface area contributed by atoms with Crippen molar-refractivity contribution >= 4 is 17.5 Å². The number of hydrogen-bond donors (Lipinski definition) is 1. The minimum Gasteiger partial charge on any atom is -0.373 e. The molecule has 0 radical (unpaired) electrons. The van der Waals surface area contributed by atoms with Crippen molar-refractivity contribution in [1.82, 2.24) is 5.32 Å². The largest absolute Gasteiger partial charge is 0.373 e. The van der Waals surface area contributed by atoms with Gasteiger partial charge in [-0.1, -0.05) is 23.7 Å². The van der Waals surface area contributed by atoms with Gasteiger partial charge in [0.05, 0.1) is 24.9 Å². The molecule has 0 aliphatic carbocycles. The first-order chi connectivity index (χ1) is 9.83. The van der Waals surface area contributed by atoms with E-state index in [1.54, 1.807) is 0 Å². The van der Waals surface area contributed by atoms with Crippen LogP contribution >= 0.6 is 11.6 Å². The molecule has 1 amide bonds. The molecule has 1 heterocycles. The summed E-state index contributed by atoms with van der Waals surface area (Å²) in [4.78, 5) is 12.0. The van der Waals surface area contributed by atoms with E-state index in [1.807, 2.05) is 45.0 Å². The third-order valence-electron chi connectivity index (χ3n) is 3.20. The van der Waals surface area contributed by atoms with E-state index in [0.717, 1.165) is 12.0 Å². The van der Waals surface area contributed by atoms with Gasteiger partial charge in [0, 0.05) is 5.02 Å². The molecule has 0 aromatic heterocycles. The van der Waals surface area contributed by atoms with Gasteiger partial charge < -0.3 is 14.8 Å². The van der Waals surface area contributed by atoms with E-state index in [9.17, 15) is 4.79 Å². The van der Waals surface area contributed by atoms with Gasteiger partial charge in [-0.2, -0.15) is 0 Å². The average molecular weight is 312 g/mol. The number of carbonyl (C=O) groups is 1. The molecule has 116 valence electrons. The molecule has 1 saturated heterocycles. The molecule has 21 heavy (non-hydrogen) atoms. The Morgan fingerprint density at radius 1 is 1.33 bits per heavy atom. The topological polar surface area (TPSA) is 47.6 Å². The molecule has 1 aliphatic heterocycles. The summed E-state index contributed by atoms with van der Waals surface area (Å²) in [6.45, 7) is 6.64. The van der Waals surface area contributed by atoms with Gasteiger partial charge in [0.2, 0.25) is 0 Å². The minimum absolute atomic E-state index is 0.00966. The number of rotatable bonds is 4. The summed E-state index contributed by atoms with van der Waals surface area (Å²) in [7, 11) is 0. The van der Waals surface area contributed by atoms with Crippen LogP contribution in [0.3, 0.4) is 0 Å². The zero-order valence-electron chi connectivity index (χ0n) is 12.7. The Morgan fingerprint density at radius 3 is 2.57 bits per heavy atom. The quantitative estimate of drug-likeness (QED) is 0.929. The normalized spacial score (nSPS) is 23.0. The van der Waals surface area contributed by atoms with Crippen LogP contribution in [0.25, 0.3) is 0 Å². The number of morpholine rings is 1. The number of nitrogens with one attached hydrogen (secondary N) is 1. The average Bonchev–Trinajstić information content (AvgIpc) is 2.39. The number of ether oxygens (including phenoxy) is 2. The molecule has 2 unspecified atom stereocenters. The Kier molecular flexibility index (Phi) is 5.25. The fourth-order valence-corrected chi connectivity index (χ4v) is 2.23. The van der Waals surface area contributed by atoms with Crippen molar-refractivity contribution in [2.45, 2.75) is 44.9 Å². The summed E-state index contributed by atoms with van der Waals surface area (Å²) in [5.74, 6) is -0.107. The van der Waals surface area contributed by atoms with Crippen LogP contribution in [0, 0.1) is 0 Å². The van der Waals surface area contributed by atoms with E-state index in [-0.39, 0.29) is 24.2 Å². The highest BCUT2D eigenvalue weighted by molar-refractivity contribution is 6.30. The van der Waals surface area contributed by atoms with Crippen molar-refractivity contribution in [2.75, 3.05) is 13.2 Å². The van der Waals surface area contributed by atoms with Crippen LogP contribution in [0.1, 0.15) is 26.3 Å². The minimum atomic E-state index is -0.523. The van der Waals surface area contributed by atoms with Crippen LogP contribution < -0.4 is 5.32 Å². The van der Waals surface area contributed by atoms with E-state index in [1.165, 1.54) is 0 Å². The maximum absolute atomic E-state index is 12.0. The first-order valence-electron chi connectivity index (χ1n) is 7.14. The van der Waals surface area contributed by atoms with Crippen molar-refractivity contribution < 1.29 is 14.3 Å². The predicted octanol–water partition coefficient (Wildman–Crippen LogP) is 2.58. The second-order valence-electron chi connectivity index (χ2n) is 6.28. The molecule has 0 saturated carbocycles. The van der Waals surface area contributed by atoms with Gasteiger partial charge in [-0.05, 0) is 44.9 Å². The number of carbonyl (C=O) groups excluding carboxylic acids is 1. The Hall–Kier alpha value is -1.10. The maximum Gasteiger partial charge on any atom is 0.251 e. The van der Waals surface area contributed by atoms with Gasteiger partial charge >= 0.3 is 0 Å². The second kappa shape index (κ2) is 6.77. The zero-order valence-corrected chi connectivity index (χ0v) is 13.4. The van der Waals surface area contributed by atoms with Crippen molar-refractivity contribution in [2.24, 2.45) is 0 Å². The maximum atomic E-state index is 12.0. The number of hydrogen-bond acceptors (Lipinski definition) is 3. The van der Waals surface area contributed by atoms with Crippen molar-refractivity contribution in [3.05, 3.63) is 34.9 Å². The number of benzene rings is 1. The summed E-state index contributed by atoms with van der Waals surface area (Å²) in [5, 5.41) is 3.70. The Bertz CT molecular complexity index is 481. The molecule has 2 atom stereocenters. The Labute approximate surface area is 130 Å². The highest BCUT2D eigenvalue weighted by atomic mass is 35.5. The molecular formula is C16H22ClNO3. The fraction of sp³-hybridized carbons (Fsp3) is 0.562. The van der Waals surface area contributed by atoms with Gasteiger partial charge in [0.15, 0.2) is 6.10 Å². The summed E-state index contributed by atoms with van der Waals surface area (Å²) in [6.07, 6.45) is 0.209. The standard InChI is InChI=1S/C16H22ClNO3/c1-16(2,3)21-10-14-15(19)18-13(9-20-14)8-11-4-6-12(17)7-5-11/h4-7,13-14H,8-10H2,1-3H3,(H,18,19). The lowest BCUT2D eigenvalue weighted by atomic mass is 10.0. The van der Waals surface area contributed by atoms with Crippen LogP contribution in [0.2, 0.25) is 5.02 Å². The summed E-state index contributed by atoms with van der Waals surface area (Å²) >= 11 is 5.86. The van der Waals surface area contributed by atoms with E-state index in [0.29, 0.717) is 11.6 Å². The molecule has 1 fully saturated rings. The highest BCUT2D eigenvalue weighted by Crippen LogP contribution is 2.14. The number of amides is 1. The van der Waals surface area contributed by atoms with Crippen LogP contribution in [0.5, 0.6) is 0 Å². The van der Waals surface area contributed by atoms with E-state index >= 15 is 0 Å². The van der Waals surface area contributed by atoms with Gasteiger partial charge in [-0.3, -0.25) is 4.79 Å². The molecule has 2 rings (SSSR count). The first-order valence-corrected chi connectivity index (χ1v) is 7.52. The van der Waals surface area contributed by atoms with Crippen molar-refractivity contribution in [3.63, 3.8) is 0 Å². The summed E-state index contributed by atoms with van der Waals surface area (Å²) in [6, 6.07) is 7.61. The third kappa shape index (κ3) is 5.30. The van der Waals surface area contributed by atoms with Crippen LogP contribution in [-0.2, 0) is 20.7 Å². The van der Waals surface area contributed by atoms with Gasteiger partial charge in [-0.25, -0.2) is 0 Å². The highest BCUT2D eigenvalue weighted by Gasteiger charge is 2.30. The van der Waals surface area contributed by atoms with Crippen LogP contribution in [0.15, 0.2) is 24.3 Å². The Balaban J connectivity index is 1.83. The van der Waals surface area contributed by atoms with Gasteiger partial charge in [0.25, 0.3) is 5.91 Å². The predicted molar refractivity (Wildman–Crippen MR) is 82.5 cm³/mol. The Morgan fingerprint density at radius 2 is 2.00 bits per heavy atom. The lowest BCUT2D eigenvalue weighted by Crippen LogP contribution is -2.53. The molecular weight excluding hydrogens is 290 g/mol. The molecule has 1 aliphatic rings. The van der Waals surface area contributed by atoms with Crippen LogP contribution in [-0.4, -0.2) is 36.9 Å². The summed E-state index contributed by atoms with van der Waals surface area (Å²) in [5.41, 5.74) is 0.849. The van der Waals surface area contributed by atoms with E-state index in [4.69, 9.17) is 21.1 Å². The SMILES string of the molecule is CC(C)(C)OCC1OCC(Cc2ccc(Cl)cc2)NC1=O. The smallest absolute Gasteiger partial charge is 0.251 e. The lowest BCUT2D eigenvalue weighted by Gasteiger charge is -2.31. The molecule has 1 N–H and O–H groups in total. The second-order valence-corrected chi connectivity index (χ2v) is 6.72. The van der Waals surface area contributed by atoms with E-state index < -0.39 is 6.10 Å². The molecule has 1 aromatic carbocycles. The monoisotopic (exact) mass is 311 g/mol. The lowest BCUT2D eigenvalue weighted by molar-refractivity contribution is -0.150. The van der Waals surface area contributed by atoms with Crippen molar-refractivity contribution in [3.8, 4) is 0 Å². The molecule has 0 spiro atoms. The molecule has 4 nitrogen and oxygen atoms in total.